The SMILES string of the molecule is CCCCC/C=C\C[C@@H](O)/C=C/C=C\C/C=C\CCCC(=O)OC[C@H](O)COC(=O)CCCCCCCCCCCCCCCCCC. The molecule has 0 bridgehead atoms. The summed E-state index contributed by atoms with van der Waals surface area (Å²) in [5.41, 5.74) is 0. The number of carbonyl (C=O) groups is 2. The average Bonchev–Trinajstić information content (AvgIpc) is 3.08. The molecule has 0 amide bonds. The first kappa shape index (κ1) is 45.8. The standard InChI is InChI=1S/C42H74O6/c1-3-5-7-9-11-12-13-14-15-16-17-18-19-23-27-31-35-41(45)47-37-40(44)38-48-42(46)36-32-28-24-21-20-22-26-30-34-39(43)33-29-25-10-8-6-4-2/h21-22,24-26,29-30,34,39-40,43-44H,3-20,23,27-28,31-33,35-38H2,1-2H3/b24-21-,26-22-,29-25-,34-30+/t39-,40-/m1/s1. The number of hydrogen-bond donors (Lipinski definition) is 2. The van der Waals surface area contributed by atoms with Gasteiger partial charge in [0, 0.05) is 12.8 Å². The highest BCUT2D eigenvalue weighted by Gasteiger charge is 2.12. The first-order chi connectivity index (χ1) is 23.5. The molecule has 6 heteroatoms. The van der Waals surface area contributed by atoms with Gasteiger partial charge in [0.15, 0.2) is 0 Å². The number of hydrogen-bond acceptors (Lipinski definition) is 6. The van der Waals surface area contributed by atoms with Crippen LogP contribution < -0.4 is 0 Å². The zero-order chi connectivity index (χ0) is 35.2. The number of aliphatic hydroxyl groups excluding tert-OH is 2. The van der Waals surface area contributed by atoms with Crippen LogP contribution in [0.25, 0.3) is 0 Å². The summed E-state index contributed by atoms with van der Waals surface area (Å²) < 4.78 is 10.3. The van der Waals surface area contributed by atoms with Gasteiger partial charge in [-0.2, -0.15) is 0 Å². The number of aliphatic hydroxyl groups is 2. The molecule has 0 aliphatic rings. The van der Waals surface area contributed by atoms with E-state index in [1.54, 1.807) is 6.08 Å². The molecule has 2 N–H and O–H groups in total. The number of carbonyl (C=O) groups excluding carboxylic acids is 2. The topological polar surface area (TPSA) is 93.1 Å². The zero-order valence-electron chi connectivity index (χ0n) is 31.1. The van der Waals surface area contributed by atoms with E-state index in [-0.39, 0.29) is 31.6 Å². The van der Waals surface area contributed by atoms with Crippen LogP contribution in [-0.4, -0.2) is 47.6 Å². The third-order valence-electron chi connectivity index (χ3n) is 8.40. The van der Waals surface area contributed by atoms with Gasteiger partial charge in [-0.15, -0.1) is 0 Å². The third kappa shape index (κ3) is 36.7. The second-order valence-corrected chi connectivity index (χ2v) is 13.3. The number of allylic oxidation sites excluding steroid dienone is 6. The van der Waals surface area contributed by atoms with Crippen molar-refractivity contribution in [3.63, 3.8) is 0 Å². The molecule has 6 nitrogen and oxygen atoms in total. The summed E-state index contributed by atoms with van der Waals surface area (Å²) in [6, 6.07) is 0. The van der Waals surface area contributed by atoms with Crippen LogP contribution in [0.3, 0.4) is 0 Å². The Hall–Kier alpha value is -2.18. The minimum absolute atomic E-state index is 0.147. The van der Waals surface area contributed by atoms with Gasteiger partial charge in [-0.05, 0) is 44.9 Å². The quantitative estimate of drug-likeness (QED) is 0.0301. The fourth-order valence-electron chi connectivity index (χ4n) is 5.34. The van der Waals surface area contributed by atoms with Crippen LogP contribution in [-0.2, 0) is 19.1 Å². The highest BCUT2D eigenvalue weighted by molar-refractivity contribution is 5.69. The van der Waals surface area contributed by atoms with Crippen molar-refractivity contribution < 1.29 is 29.3 Å². The molecule has 0 saturated heterocycles. The average molecular weight is 675 g/mol. The van der Waals surface area contributed by atoms with Gasteiger partial charge in [0.1, 0.15) is 19.3 Å². The Morgan fingerprint density at radius 1 is 0.521 bits per heavy atom. The largest absolute Gasteiger partial charge is 0.463 e. The van der Waals surface area contributed by atoms with E-state index in [4.69, 9.17) is 9.47 Å². The summed E-state index contributed by atoms with van der Waals surface area (Å²) in [7, 11) is 0. The molecule has 0 unspecified atom stereocenters. The Labute approximate surface area is 295 Å². The molecule has 0 fully saturated rings. The lowest BCUT2D eigenvalue weighted by atomic mass is 10.0. The van der Waals surface area contributed by atoms with Crippen molar-refractivity contribution in [2.75, 3.05) is 13.2 Å². The van der Waals surface area contributed by atoms with Crippen LogP contribution in [0.1, 0.15) is 181 Å². The van der Waals surface area contributed by atoms with E-state index < -0.39 is 12.2 Å². The molecule has 48 heavy (non-hydrogen) atoms. The van der Waals surface area contributed by atoms with E-state index in [9.17, 15) is 19.8 Å². The van der Waals surface area contributed by atoms with Crippen molar-refractivity contribution in [2.24, 2.45) is 0 Å². The van der Waals surface area contributed by atoms with Gasteiger partial charge in [-0.3, -0.25) is 9.59 Å². The summed E-state index contributed by atoms with van der Waals surface area (Å²) in [6.07, 6.45) is 43.4. The van der Waals surface area contributed by atoms with Crippen LogP contribution in [0.15, 0.2) is 48.6 Å². The second kappa shape index (κ2) is 37.6. The lowest BCUT2D eigenvalue weighted by molar-refractivity contribution is -0.152. The summed E-state index contributed by atoms with van der Waals surface area (Å²) in [5.74, 6) is -0.664. The van der Waals surface area contributed by atoms with Crippen molar-refractivity contribution in [1.29, 1.82) is 0 Å². The van der Waals surface area contributed by atoms with Crippen molar-refractivity contribution >= 4 is 11.9 Å². The minimum Gasteiger partial charge on any atom is -0.463 e. The number of rotatable bonds is 35. The van der Waals surface area contributed by atoms with Crippen molar-refractivity contribution in [3.8, 4) is 0 Å². The molecule has 0 aliphatic heterocycles. The van der Waals surface area contributed by atoms with Gasteiger partial charge in [0.2, 0.25) is 0 Å². The first-order valence-electron chi connectivity index (χ1n) is 19.8. The summed E-state index contributed by atoms with van der Waals surface area (Å²) in [4.78, 5) is 23.9. The molecule has 0 heterocycles. The first-order valence-corrected chi connectivity index (χ1v) is 19.8. The summed E-state index contributed by atoms with van der Waals surface area (Å²) in [6.45, 7) is 4.15. The van der Waals surface area contributed by atoms with Gasteiger partial charge in [-0.25, -0.2) is 0 Å². The van der Waals surface area contributed by atoms with Gasteiger partial charge in [0.05, 0.1) is 6.10 Å². The maximum absolute atomic E-state index is 12.0. The monoisotopic (exact) mass is 675 g/mol. The molecule has 0 saturated carbocycles. The van der Waals surface area contributed by atoms with Gasteiger partial charge in [-0.1, -0.05) is 172 Å². The molecule has 0 aromatic rings. The third-order valence-corrected chi connectivity index (χ3v) is 8.40. The Bertz CT molecular complexity index is 830. The minimum atomic E-state index is -1.00. The molecule has 0 aromatic heterocycles. The van der Waals surface area contributed by atoms with E-state index in [2.05, 4.69) is 26.0 Å². The molecule has 0 spiro atoms. The lowest BCUT2D eigenvalue weighted by Crippen LogP contribution is -2.25. The van der Waals surface area contributed by atoms with E-state index in [1.807, 2.05) is 30.4 Å². The molecule has 0 radical (unpaired) electrons. The van der Waals surface area contributed by atoms with Gasteiger partial charge in [0.25, 0.3) is 0 Å². The Morgan fingerprint density at radius 3 is 1.54 bits per heavy atom. The van der Waals surface area contributed by atoms with E-state index in [1.165, 1.54) is 103 Å². The highest BCUT2D eigenvalue weighted by atomic mass is 16.6. The fraction of sp³-hybridized carbons (Fsp3) is 0.762. The Morgan fingerprint density at radius 2 is 0.979 bits per heavy atom. The molecule has 0 rings (SSSR count). The number of unbranched alkanes of at least 4 members (excludes halogenated alkanes) is 19. The van der Waals surface area contributed by atoms with Crippen LogP contribution in [0.5, 0.6) is 0 Å². The lowest BCUT2D eigenvalue weighted by Gasteiger charge is -2.12. The molecule has 278 valence electrons. The predicted molar refractivity (Wildman–Crippen MR) is 202 cm³/mol. The van der Waals surface area contributed by atoms with Crippen LogP contribution in [0, 0.1) is 0 Å². The summed E-state index contributed by atoms with van der Waals surface area (Å²) >= 11 is 0. The van der Waals surface area contributed by atoms with Crippen molar-refractivity contribution in [3.05, 3.63) is 48.6 Å². The summed E-state index contributed by atoms with van der Waals surface area (Å²) in [5, 5.41) is 20.0. The molecule has 2 atom stereocenters. The van der Waals surface area contributed by atoms with E-state index >= 15 is 0 Å². The smallest absolute Gasteiger partial charge is 0.305 e. The Balaban J connectivity index is 3.59. The Kier molecular flexibility index (Phi) is 35.9. The van der Waals surface area contributed by atoms with Crippen LogP contribution in [0.4, 0.5) is 0 Å². The number of esters is 2. The molecular formula is C42H74O6. The van der Waals surface area contributed by atoms with Crippen LogP contribution in [0.2, 0.25) is 0 Å². The van der Waals surface area contributed by atoms with Gasteiger partial charge < -0.3 is 19.7 Å². The maximum Gasteiger partial charge on any atom is 0.305 e. The van der Waals surface area contributed by atoms with E-state index in [0.29, 0.717) is 19.3 Å². The number of ether oxygens (including phenoxy) is 2. The maximum atomic E-state index is 12.0. The van der Waals surface area contributed by atoms with Crippen LogP contribution >= 0.6 is 0 Å². The molecular weight excluding hydrogens is 600 g/mol. The van der Waals surface area contributed by atoms with Crippen molar-refractivity contribution in [2.45, 2.75) is 193 Å². The highest BCUT2D eigenvalue weighted by Crippen LogP contribution is 2.14. The fourth-order valence-corrected chi connectivity index (χ4v) is 5.34. The van der Waals surface area contributed by atoms with Gasteiger partial charge >= 0.3 is 11.9 Å². The van der Waals surface area contributed by atoms with Crippen molar-refractivity contribution in [1.82, 2.24) is 0 Å². The van der Waals surface area contributed by atoms with E-state index in [0.717, 1.165) is 38.5 Å². The predicted octanol–water partition coefficient (Wildman–Crippen LogP) is 11.2. The molecule has 0 aliphatic carbocycles. The zero-order valence-corrected chi connectivity index (χ0v) is 31.1. The second-order valence-electron chi connectivity index (χ2n) is 13.3. The molecule has 0 aromatic carbocycles. The normalized spacial score (nSPS) is 13.3.